The average molecular weight is 284 g/mol. The van der Waals surface area contributed by atoms with E-state index in [0.717, 1.165) is 24.9 Å². The van der Waals surface area contributed by atoms with Crippen LogP contribution < -0.4 is 0 Å². The number of aromatic nitrogens is 1. The number of amides is 1. The standard InChI is InChI=1S/C17H20N2O2/c1-12-8-6-7-11-19(12)17(20)15-13(2)21-16(18-15)14-9-4-3-5-10-14/h3-5,9-10,12H,6-8,11H2,1-2H3. The third kappa shape index (κ3) is 2.71. The first-order chi connectivity index (χ1) is 10.2. The van der Waals surface area contributed by atoms with E-state index in [1.807, 2.05) is 35.2 Å². The molecule has 1 amide bonds. The fraction of sp³-hybridized carbons (Fsp3) is 0.412. The predicted molar refractivity (Wildman–Crippen MR) is 81.0 cm³/mol. The van der Waals surface area contributed by atoms with E-state index in [4.69, 9.17) is 4.42 Å². The first-order valence-electron chi connectivity index (χ1n) is 7.50. The lowest BCUT2D eigenvalue weighted by Crippen LogP contribution is -2.42. The molecule has 0 aliphatic carbocycles. The molecule has 1 fully saturated rings. The van der Waals surface area contributed by atoms with Crippen LogP contribution in [-0.2, 0) is 0 Å². The molecule has 1 aromatic carbocycles. The number of carbonyl (C=O) groups excluding carboxylic acids is 1. The van der Waals surface area contributed by atoms with Gasteiger partial charge in [-0.3, -0.25) is 4.79 Å². The number of piperidine rings is 1. The number of benzene rings is 1. The van der Waals surface area contributed by atoms with E-state index in [-0.39, 0.29) is 11.9 Å². The molecule has 0 spiro atoms. The minimum Gasteiger partial charge on any atom is -0.441 e. The highest BCUT2D eigenvalue weighted by Gasteiger charge is 2.28. The van der Waals surface area contributed by atoms with Crippen molar-refractivity contribution in [3.63, 3.8) is 0 Å². The minimum absolute atomic E-state index is 0.00867. The molecule has 3 rings (SSSR count). The average Bonchev–Trinajstić information content (AvgIpc) is 2.90. The summed E-state index contributed by atoms with van der Waals surface area (Å²) in [5.74, 6) is 1.10. The molecule has 110 valence electrons. The van der Waals surface area contributed by atoms with Crippen LogP contribution in [0.5, 0.6) is 0 Å². The Morgan fingerprint density at radius 1 is 1.29 bits per heavy atom. The van der Waals surface area contributed by atoms with Crippen molar-refractivity contribution < 1.29 is 9.21 Å². The largest absolute Gasteiger partial charge is 0.441 e. The van der Waals surface area contributed by atoms with Crippen LogP contribution in [0.1, 0.15) is 42.4 Å². The summed E-state index contributed by atoms with van der Waals surface area (Å²) in [5, 5.41) is 0. The van der Waals surface area contributed by atoms with Crippen molar-refractivity contribution in [2.24, 2.45) is 0 Å². The van der Waals surface area contributed by atoms with E-state index >= 15 is 0 Å². The van der Waals surface area contributed by atoms with E-state index in [2.05, 4.69) is 11.9 Å². The zero-order valence-corrected chi connectivity index (χ0v) is 12.5. The molecule has 21 heavy (non-hydrogen) atoms. The van der Waals surface area contributed by atoms with Crippen LogP contribution in [0.3, 0.4) is 0 Å². The number of nitrogens with zero attached hydrogens (tertiary/aromatic N) is 2. The first kappa shape index (κ1) is 13.9. The molecule has 0 radical (unpaired) electrons. The fourth-order valence-corrected chi connectivity index (χ4v) is 2.83. The third-order valence-electron chi connectivity index (χ3n) is 4.08. The van der Waals surface area contributed by atoms with Crippen LogP contribution in [0.4, 0.5) is 0 Å². The predicted octanol–water partition coefficient (Wildman–Crippen LogP) is 3.66. The van der Waals surface area contributed by atoms with Crippen molar-refractivity contribution in [1.82, 2.24) is 9.88 Å². The van der Waals surface area contributed by atoms with E-state index in [9.17, 15) is 4.79 Å². The van der Waals surface area contributed by atoms with Crippen molar-refractivity contribution in [1.29, 1.82) is 0 Å². The topological polar surface area (TPSA) is 46.3 Å². The molecule has 1 saturated heterocycles. The molecule has 1 atom stereocenters. The lowest BCUT2D eigenvalue weighted by molar-refractivity contribution is 0.0628. The lowest BCUT2D eigenvalue weighted by atomic mass is 10.0. The highest BCUT2D eigenvalue weighted by molar-refractivity contribution is 5.94. The smallest absolute Gasteiger partial charge is 0.276 e. The number of hydrogen-bond donors (Lipinski definition) is 0. The Labute approximate surface area is 124 Å². The van der Waals surface area contributed by atoms with Crippen LogP contribution in [0, 0.1) is 6.92 Å². The molecule has 2 aromatic rings. The Balaban J connectivity index is 1.89. The Hall–Kier alpha value is -2.10. The second-order valence-electron chi connectivity index (χ2n) is 5.63. The number of aryl methyl sites for hydroxylation is 1. The minimum atomic E-state index is -0.00867. The van der Waals surface area contributed by atoms with Gasteiger partial charge in [0, 0.05) is 18.2 Å². The first-order valence-corrected chi connectivity index (χ1v) is 7.50. The van der Waals surface area contributed by atoms with Gasteiger partial charge in [0.2, 0.25) is 5.89 Å². The Bertz CT molecular complexity index is 633. The molecule has 1 aliphatic rings. The van der Waals surface area contributed by atoms with Crippen LogP contribution in [-0.4, -0.2) is 28.4 Å². The van der Waals surface area contributed by atoms with Gasteiger partial charge in [0.15, 0.2) is 5.69 Å². The van der Waals surface area contributed by atoms with Gasteiger partial charge in [0.05, 0.1) is 0 Å². The second-order valence-corrected chi connectivity index (χ2v) is 5.63. The Kier molecular flexibility index (Phi) is 3.78. The number of carbonyl (C=O) groups is 1. The van der Waals surface area contributed by atoms with Gasteiger partial charge in [0.1, 0.15) is 5.76 Å². The quantitative estimate of drug-likeness (QED) is 0.845. The maximum atomic E-state index is 12.7. The van der Waals surface area contributed by atoms with Crippen LogP contribution in [0.25, 0.3) is 11.5 Å². The Morgan fingerprint density at radius 2 is 2.05 bits per heavy atom. The van der Waals surface area contributed by atoms with E-state index in [1.165, 1.54) is 6.42 Å². The molecule has 2 heterocycles. The molecule has 0 bridgehead atoms. The van der Waals surface area contributed by atoms with E-state index in [0.29, 0.717) is 17.3 Å². The van der Waals surface area contributed by atoms with Gasteiger partial charge in [-0.25, -0.2) is 4.98 Å². The summed E-state index contributed by atoms with van der Waals surface area (Å²) in [6.45, 7) is 4.72. The van der Waals surface area contributed by atoms with E-state index < -0.39 is 0 Å². The van der Waals surface area contributed by atoms with Gasteiger partial charge in [-0.15, -0.1) is 0 Å². The second kappa shape index (κ2) is 5.72. The number of hydrogen-bond acceptors (Lipinski definition) is 3. The summed E-state index contributed by atoms with van der Waals surface area (Å²) in [7, 11) is 0. The van der Waals surface area contributed by atoms with Gasteiger partial charge in [-0.2, -0.15) is 0 Å². The highest BCUT2D eigenvalue weighted by atomic mass is 16.4. The molecule has 4 heteroatoms. The third-order valence-corrected chi connectivity index (χ3v) is 4.08. The SMILES string of the molecule is Cc1oc(-c2ccccc2)nc1C(=O)N1CCCCC1C. The summed E-state index contributed by atoms with van der Waals surface area (Å²) in [6, 6.07) is 9.96. The van der Waals surface area contributed by atoms with Crippen molar-refractivity contribution >= 4 is 5.91 Å². The van der Waals surface area contributed by atoms with Gasteiger partial charge in [0.25, 0.3) is 5.91 Å². The maximum absolute atomic E-state index is 12.7. The van der Waals surface area contributed by atoms with Gasteiger partial charge < -0.3 is 9.32 Å². The fourth-order valence-electron chi connectivity index (χ4n) is 2.83. The van der Waals surface area contributed by atoms with Crippen molar-refractivity contribution in [2.45, 2.75) is 39.2 Å². The number of oxazole rings is 1. The van der Waals surface area contributed by atoms with Gasteiger partial charge in [-0.05, 0) is 45.2 Å². The highest BCUT2D eigenvalue weighted by Crippen LogP contribution is 2.24. The molecule has 4 nitrogen and oxygen atoms in total. The van der Waals surface area contributed by atoms with Crippen molar-refractivity contribution in [2.75, 3.05) is 6.54 Å². The van der Waals surface area contributed by atoms with Gasteiger partial charge in [-0.1, -0.05) is 18.2 Å². The van der Waals surface area contributed by atoms with Crippen molar-refractivity contribution in [3.8, 4) is 11.5 Å². The molecular formula is C17H20N2O2. The van der Waals surface area contributed by atoms with E-state index in [1.54, 1.807) is 6.92 Å². The number of rotatable bonds is 2. The summed E-state index contributed by atoms with van der Waals surface area (Å²) in [6.07, 6.45) is 3.32. The molecule has 0 N–H and O–H groups in total. The maximum Gasteiger partial charge on any atom is 0.276 e. The van der Waals surface area contributed by atoms with Crippen LogP contribution >= 0.6 is 0 Å². The lowest BCUT2D eigenvalue weighted by Gasteiger charge is -2.32. The zero-order valence-electron chi connectivity index (χ0n) is 12.5. The molecule has 0 saturated carbocycles. The molecular weight excluding hydrogens is 264 g/mol. The van der Waals surface area contributed by atoms with Gasteiger partial charge >= 0.3 is 0 Å². The van der Waals surface area contributed by atoms with Crippen LogP contribution in [0.15, 0.2) is 34.7 Å². The zero-order chi connectivity index (χ0) is 14.8. The summed E-state index contributed by atoms with van der Waals surface area (Å²) < 4.78 is 5.69. The molecule has 1 aliphatic heterocycles. The summed E-state index contributed by atoms with van der Waals surface area (Å²) >= 11 is 0. The molecule has 1 unspecified atom stereocenters. The number of likely N-dealkylation sites (tertiary alicyclic amines) is 1. The normalized spacial score (nSPS) is 18.8. The van der Waals surface area contributed by atoms with Crippen molar-refractivity contribution in [3.05, 3.63) is 41.8 Å². The van der Waals surface area contributed by atoms with Crippen LogP contribution in [0.2, 0.25) is 0 Å². The monoisotopic (exact) mass is 284 g/mol. The Morgan fingerprint density at radius 3 is 2.76 bits per heavy atom. The summed E-state index contributed by atoms with van der Waals surface area (Å²) in [5.41, 5.74) is 1.34. The molecule has 1 aromatic heterocycles. The summed E-state index contributed by atoms with van der Waals surface area (Å²) in [4.78, 5) is 19.0.